The fourth-order valence-electron chi connectivity index (χ4n) is 4.27. The van der Waals surface area contributed by atoms with Crippen molar-refractivity contribution in [3.63, 3.8) is 0 Å². The summed E-state index contributed by atoms with van der Waals surface area (Å²) in [5.74, 6) is 3.03. The molecule has 1 amide bonds. The van der Waals surface area contributed by atoms with Crippen molar-refractivity contribution in [1.29, 1.82) is 0 Å². The molecule has 9 nitrogen and oxygen atoms in total. The number of hydrogen-bond acceptors (Lipinski definition) is 7. The molecule has 1 aliphatic rings. The lowest BCUT2D eigenvalue weighted by Gasteiger charge is -2.18. The van der Waals surface area contributed by atoms with Gasteiger partial charge in [0.25, 0.3) is 5.91 Å². The first kappa shape index (κ1) is 25.2. The summed E-state index contributed by atoms with van der Waals surface area (Å²) in [6, 6.07) is 13.3. The monoisotopic (exact) mass is 494 g/mol. The quantitative estimate of drug-likeness (QED) is 0.410. The van der Waals surface area contributed by atoms with E-state index >= 15 is 0 Å². The molecule has 0 aliphatic carbocycles. The van der Waals surface area contributed by atoms with Crippen LogP contribution in [-0.2, 0) is 0 Å². The van der Waals surface area contributed by atoms with Gasteiger partial charge in [-0.05, 0) is 69.2 Å². The van der Waals surface area contributed by atoms with Crippen LogP contribution in [0.5, 0.6) is 23.0 Å². The minimum Gasteiger partial charge on any atom is -0.497 e. The van der Waals surface area contributed by atoms with Crippen LogP contribution in [0.3, 0.4) is 0 Å². The molecule has 1 aromatic heterocycles. The molecule has 1 aliphatic heterocycles. The van der Waals surface area contributed by atoms with E-state index in [0.717, 1.165) is 35.8 Å². The first-order chi connectivity index (χ1) is 17.6. The highest BCUT2D eigenvalue weighted by molar-refractivity contribution is 5.96. The van der Waals surface area contributed by atoms with Gasteiger partial charge in [0.15, 0.2) is 17.3 Å². The van der Waals surface area contributed by atoms with Crippen LogP contribution in [0.15, 0.2) is 42.5 Å². The van der Waals surface area contributed by atoms with Crippen molar-refractivity contribution in [2.75, 3.05) is 44.9 Å². The average Bonchev–Trinajstić information content (AvgIpc) is 3.56. The molecule has 2 N–H and O–H groups in total. The lowest BCUT2D eigenvalue weighted by molar-refractivity contribution is 0.0939. The number of hydrogen-bond donors (Lipinski definition) is 2. The number of ether oxygens (including phenoxy) is 4. The molecule has 36 heavy (non-hydrogen) atoms. The maximum atomic E-state index is 13.2. The van der Waals surface area contributed by atoms with Crippen LogP contribution in [0, 0.1) is 0 Å². The zero-order valence-electron chi connectivity index (χ0n) is 21.3. The van der Waals surface area contributed by atoms with E-state index in [9.17, 15) is 4.79 Å². The number of aromatic amines is 1. The Hall–Kier alpha value is -3.88. The highest BCUT2D eigenvalue weighted by Crippen LogP contribution is 2.39. The van der Waals surface area contributed by atoms with Crippen molar-refractivity contribution in [3.8, 4) is 34.3 Å². The molecule has 2 heterocycles. The fourth-order valence-corrected chi connectivity index (χ4v) is 4.27. The first-order valence-electron chi connectivity index (χ1n) is 12.4. The van der Waals surface area contributed by atoms with Crippen LogP contribution in [0.25, 0.3) is 11.3 Å². The van der Waals surface area contributed by atoms with Crippen LogP contribution < -0.4 is 29.2 Å². The largest absolute Gasteiger partial charge is 0.497 e. The number of nitrogens with zero attached hydrogens (tertiary/aromatic N) is 2. The van der Waals surface area contributed by atoms with Crippen molar-refractivity contribution in [1.82, 2.24) is 15.5 Å². The summed E-state index contributed by atoms with van der Waals surface area (Å²) in [4.78, 5) is 15.3. The summed E-state index contributed by atoms with van der Waals surface area (Å²) in [7, 11) is 1.65. The summed E-state index contributed by atoms with van der Waals surface area (Å²) < 4.78 is 22.5. The predicted octanol–water partition coefficient (Wildman–Crippen LogP) is 4.29. The second-order valence-corrected chi connectivity index (χ2v) is 8.37. The van der Waals surface area contributed by atoms with Crippen molar-refractivity contribution in [3.05, 3.63) is 48.0 Å². The Balaban J connectivity index is 1.43. The van der Waals surface area contributed by atoms with Crippen LogP contribution in [0.4, 0.5) is 5.82 Å². The SMILES string of the molecule is CCOc1cc(C(=O)NC2CCN(c3cc(-c4ccc(OC)cc4)[nH]n3)C2)cc(OCC)c1OCC. The van der Waals surface area contributed by atoms with Gasteiger partial charge in [0.1, 0.15) is 5.75 Å². The zero-order valence-corrected chi connectivity index (χ0v) is 21.3. The third kappa shape index (κ3) is 5.67. The molecule has 2 aromatic carbocycles. The lowest BCUT2D eigenvalue weighted by atomic mass is 10.1. The highest BCUT2D eigenvalue weighted by atomic mass is 16.5. The Labute approximate surface area is 211 Å². The Bertz CT molecular complexity index is 1130. The average molecular weight is 495 g/mol. The second-order valence-electron chi connectivity index (χ2n) is 8.37. The van der Waals surface area contributed by atoms with Crippen LogP contribution in [0.1, 0.15) is 37.6 Å². The van der Waals surface area contributed by atoms with Gasteiger partial charge in [0, 0.05) is 30.8 Å². The Kier molecular flexibility index (Phi) is 8.20. The van der Waals surface area contributed by atoms with Gasteiger partial charge in [-0.2, -0.15) is 5.10 Å². The van der Waals surface area contributed by atoms with Gasteiger partial charge in [-0.15, -0.1) is 0 Å². The van der Waals surface area contributed by atoms with E-state index in [1.807, 2.05) is 51.1 Å². The van der Waals surface area contributed by atoms with Gasteiger partial charge < -0.3 is 29.2 Å². The molecule has 4 rings (SSSR count). The maximum absolute atomic E-state index is 13.2. The molecule has 0 spiro atoms. The summed E-state index contributed by atoms with van der Waals surface area (Å²) in [6.07, 6.45) is 0.824. The molecule has 0 radical (unpaired) electrons. The van der Waals surface area contributed by atoms with Crippen molar-refractivity contribution in [2.45, 2.75) is 33.2 Å². The molecule has 0 bridgehead atoms. The predicted molar refractivity (Wildman–Crippen MR) is 139 cm³/mol. The van der Waals surface area contributed by atoms with Crippen LogP contribution in [-0.4, -0.2) is 62.2 Å². The maximum Gasteiger partial charge on any atom is 0.251 e. The number of anilines is 1. The highest BCUT2D eigenvalue weighted by Gasteiger charge is 2.27. The molecular weight excluding hydrogens is 460 g/mol. The smallest absolute Gasteiger partial charge is 0.251 e. The summed E-state index contributed by atoms with van der Waals surface area (Å²) in [6.45, 7) is 8.54. The molecular formula is C27H34N4O5. The number of rotatable bonds is 11. The molecule has 9 heteroatoms. The normalized spacial score (nSPS) is 15.0. The van der Waals surface area contributed by atoms with Crippen molar-refractivity contribution in [2.24, 2.45) is 0 Å². The van der Waals surface area contributed by atoms with Gasteiger partial charge >= 0.3 is 0 Å². The molecule has 3 aromatic rings. The molecule has 1 atom stereocenters. The van der Waals surface area contributed by atoms with Crippen molar-refractivity contribution < 1.29 is 23.7 Å². The topological polar surface area (TPSA) is 97.9 Å². The van der Waals surface area contributed by atoms with E-state index < -0.39 is 0 Å². The number of methoxy groups -OCH3 is 1. The van der Waals surface area contributed by atoms with E-state index in [1.165, 1.54) is 0 Å². The summed E-state index contributed by atoms with van der Waals surface area (Å²) in [5, 5.41) is 10.8. The summed E-state index contributed by atoms with van der Waals surface area (Å²) >= 11 is 0. The Morgan fingerprint density at radius 3 is 2.31 bits per heavy atom. The summed E-state index contributed by atoms with van der Waals surface area (Å²) in [5.41, 5.74) is 2.44. The van der Waals surface area contributed by atoms with Gasteiger partial charge in [-0.3, -0.25) is 9.89 Å². The minimum atomic E-state index is -0.173. The number of amides is 1. The third-order valence-electron chi connectivity index (χ3n) is 5.98. The van der Waals surface area contributed by atoms with Gasteiger partial charge in [-0.1, -0.05) is 0 Å². The lowest BCUT2D eigenvalue weighted by Crippen LogP contribution is -2.37. The second kappa shape index (κ2) is 11.7. The van der Waals surface area contributed by atoms with E-state index in [-0.39, 0.29) is 11.9 Å². The third-order valence-corrected chi connectivity index (χ3v) is 5.98. The van der Waals surface area contributed by atoms with Gasteiger partial charge in [-0.25, -0.2) is 0 Å². The number of aromatic nitrogens is 2. The van der Waals surface area contributed by atoms with Crippen molar-refractivity contribution >= 4 is 11.7 Å². The van der Waals surface area contributed by atoms with Gasteiger partial charge in [0.2, 0.25) is 5.75 Å². The fraction of sp³-hybridized carbons (Fsp3) is 0.407. The minimum absolute atomic E-state index is 0.00343. The van der Waals surface area contributed by atoms with E-state index in [1.54, 1.807) is 19.2 Å². The standard InChI is InChI=1S/C27H34N4O5/c1-5-34-23-14-19(15-24(35-6-2)26(23)36-7-3)27(32)28-20-12-13-31(17-20)25-16-22(29-30-25)18-8-10-21(33-4)11-9-18/h8-11,14-16,20H,5-7,12-13,17H2,1-4H3,(H,28,32)(H,29,30). The molecule has 192 valence electrons. The zero-order chi connectivity index (χ0) is 25.5. The molecule has 1 saturated heterocycles. The van der Waals surface area contributed by atoms with Crippen LogP contribution >= 0.6 is 0 Å². The van der Waals surface area contributed by atoms with Gasteiger partial charge in [0.05, 0.1) is 32.6 Å². The van der Waals surface area contributed by atoms with E-state index in [2.05, 4.69) is 20.4 Å². The number of nitrogens with one attached hydrogen (secondary N) is 2. The van der Waals surface area contributed by atoms with E-state index in [0.29, 0.717) is 49.2 Å². The first-order valence-corrected chi connectivity index (χ1v) is 12.4. The molecule has 0 saturated carbocycles. The van der Waals surface area contributed by atoms with Crippen LogP contribution in [0.2, 0.25) is 0 Å². The number of H-pyrrole nitrogens is 1. The Morgan fingerprint density at radius 2 is 1.69 bits per heavy atom. The molecule has 1 unspecified atom stereocenters. The molecule has 1 fully saturated rings. The van der Waals surface area contributed by atoms with E-state index in [4.69, 9.17) is 18.9 Å². The number of carbonyl (C=O) groups excluding carboxylic acids is 1. The number of benzene rings is 2. The Morgan fingerprint density at radius 1 is 1.03 bits per heavy atom. The number of carbonyl (C=O) groups is 1.